The summed E-state index contributed by atoms with van der Waals surface area (Å²) >= 11 is 0. The maximum absolute atomic E-state index is 15.5. The number of methoxy groups -OCH3 is 1. The lowest BCUT2D eigenvalue weighted by Crippen LogP contribution is -2.39. The highest BCUT2D eigenvalue weighted by Gasteiger charge is 2.35. The summed E-state index contributed by atoms with van der Waals surface area (Å²) < 4.78 is 23.0. The van der Waals surface area contributed by atoms with E-state index in [0.717, 1.165) is 47.0 Å². The topological polar surface area (TPSA) is 75.0 Å². The number of carboxylic acid groups (broad SMARTS) is 1. The van der Waals surface area contributed by atoms with E-state index >= 15 is 4.39 Å². The zero-order valence-corrected chi connectivity index (χ0v) is 21.7. The smallest absolute Gasteiger partial charge is 0.335 e. The van der Waals surface area contributed by atoms with Crippen molar-refractivity contribution in [2.45, 2.75) is 50.9 Å². The Morgan fingerprint density at radius 1 is 1.14 bits per heavy atom. The summed E-state index contributed by atoms with van der Waals surface area (Å²) in [5.74, 6) is -0.702. The number of alkyl halides is 1. The van der Waals surface area contributed by atoms with Crippen LogP contribution in [-0.2, 0) is 17.9 Å². The first-order valence-corrected chi connectivity index (χ1v) is 12.9. The highest BCUT2D eigenvalue weighted by molar-refractivity contribution is 5.99. The van der Waals surface area contributed by atoms with Gasteiger partial charge >= 0.3 is 5.97 Å². The molecule has 2 heterocycles. The number of benzene rings is 2. The molecule has 196 valence electrons. The average Bonchev–Trinajstić information content (AvgIpc) is 3.18. The fourth-order valence-electron chi connectivity index (χ4n) is 5.86. The minimum absolute atomic E-state index is 0.0545. The van der Waals surface area contributed by atoms with Gasteiger partial charge in [-0.15, -0.1) is 0 Å². The standard InChI is InChI=1S/C29H34FN3O4/c1-31(2)12-13-32-16-19-14-20(37-3)9-11-21(19)28-27(22-6-4-5-7-24(22)30)23-10-8-18(29(35)36)15-25(23)33(28)17-26(32)34/h8-11,14-15,22,24H,4-7,12-13,16-17H2,1-3H3,(H,35,36)/t22-,24-/m1/s1. The van der Waals surface area contributed by atoms with E-state index in [1.165, 1.54) is 0 Å². The third-order valence-electron chi connectivity index (χ3n) is 7.80. The van der Waals surface area contributed by atoms with Gasteiger partial charge in [-0.3, -0.25) is 4.79 Å². The molecule has 0 radical (unpaired) electrons. The Morgan fingerprint density at radius 3 is 2.62 bits per heavy atom. The van der Waals surface area contributed by atoms with E-state index in [4.69, 9.17) is 4.74 Å². The van der Waals surface area contributed by atoms with Crippen molar-refractivity contribution < 1.29 is 23.8 Å². The molecular weight excluding hydrogens is 473 g/mol. The number of hydrogen-bond donors (Lipinski definition) is 1. The number of halogens is 1. The molecule has 1 saturated carbocycles. The Balaban J connectivity index is 1.79. The molecule has 1 aliphatic carbocycles. The van der Waals surface area contributed by atoms with Crippen LogP contribution in [0, 0.1) is 0 Å². The van der Waals surface area contributed by atoms with Gasteiger partial charge in [0.1, 0.15) is 18.5 Å². The SMILES string of the molecule is COc1ccc2c(c1)CN(CCN(C)C)C(=O)Cn1c-2c([C@@H]2CCCC[C@H]2F)c2ccc(C(=O)O)cc21. The predicted molar refractivity (Wildman–Crippen MR) is 141 cm³/mol. The van der Waals surface area contributed by atoms with Crippen molar-refractivity contribution in [2.75, 3.05) is 34.3 Å². The molecule has 2 aliphatic rings. The summed E-state index contributed by atoms with van der Waals surface area (Å²) in [6.07, 6.45) is 2.06. The van der Waals surface area contributed by atoms with Crippen LogP contribution in [0.25, 0.3) is 22.2 Å². The fraction of sp³-hybridized carbons (Fsp3) is 0.448. The lowest BCUT2D eigenvalue weighted by Gasteiger charge is -2.31. The van der Waals surface area contributed by atoms with Crippen LogP contribution in [0.4, 0.5) is 4.39 Å². The van der Waals surface area contributed by atoms with E-state index in [-0.39, 0.29) is 23.9 Å². The molecule has 0 spiro atoms. The number of carbonyl (C=O) groups is 2. The summed E-state index contributed by atoms with van der Waals surface area (Å²) in [6.45, 7) is 1.76. The first-order valence-electron chi connectivity index (χ1n) is 12.9. The van der Waals surface area contributed by atoms with Crippen LogP contribution in [0.2, 0.25) is 0 Å². The normalized spacial score (nSPS) is 19.9. The van der Waals surface area contributed by atoms with Crippen LogP contribution in [0.3, 0.4) is 0 Å². The number of aromatic nitrogens is 1. The molecule has 37 heavy (non-hydrogen) atoms. The Morgan fingerprint density at radius 2 is 1.92 bits per heavy atom. The van der Waals surface area contributed by atoms with Crippen molar-refractivity contribution >= 4 is 22.8 Å². The zero-order chi connectivity index (χ0) is 26.3. The molecule has 1 fully saturated rings. The molecular formula is C29H34FN3O4. The van der Waals surface area contributed by atoms with Gasteiger partial charge in [-0.1, -0.05) is 18.9 Å². The van der Waals surface area contributed by atoms with Gasteiger partial charge in [0.15, 0.2) is 0 Å². The number of ether oxygens (including phenoxy) is 1. The van der Waals surface area contributed by atoms with Gasteiger partial charge < -0.3 is 24.2 Å². The number of likely N-dealkylation sites (N-methyl/N-ethyl adjacent to an activating group) is 1. The molecule has 5 rings (SSSR count). The molecule has 7 nitrogen and oxygen atoms in total. The van der Waals surface area contributed by atoms with E-state index in [1.54, 1.807) is 25.3 Å². The second-order valence-corrected chi connectivity index (χ2v) is 10.4. The number of aromatic carboxylic acids is 1. The maximum Gasteiger partial charge on any atom is 0.335 e. The number of fused-ring (bicyclic) bond motifs is 5. The number of hydrogen-bond acceptors (Lipinski definition) is 4. The summed E-state index contributed by atoms with van der Waals surface area (Å²) in [7, 11) is 5.56. The second kappa shape index (κ2) is 10.2. The van der Waals surface area contributed by atoms with E-state index in [0.29, 0.717) is 37.3 Å². The van der Waals surface area contributed by atoms with Crippen molar-refractivity contribution in [1.82, 2.24) is 14.4 Å². The predicted octanol–water partition coefficient (Wildman–Crippen LogP) is 4.91. The maximum atomic E-state index is 15.5. The van der Waals surface area contributed by atoms with Gasteiger partial charge in [-0.2, -0.15) is 0 Å². The van der Waals surface area contributed by atoms with E-state index in [2.05, 4.69) is 0 Å². The van der Waals surface area contributed by atoms with Crippen LogP contribution < -0.4 is 4.74 Å². The molecule has 8 heteroatoms. The second-order valence-electron chi connectivity index (χ2n) is 10.4. The molecule has 0 saturated heterocycles. The molecule has 0 bridgehead atoms. The van der Waals surface area contributed by atoms with Crippen LogP contribution in [0.5, 0.6) is 5.75 Å². The fourth-order valence-corrected chi connectivity index (χ4v) is 5.86. The van der Waals surface area contributed by atoms with Gasteiger partial charge in [0.2, 0.25) is 5.91 Å². The van der Waals surface area contributed by atoms with Crippen LogP contribution >= 0.6 is 0 Å². The third-order valence-corrected chi connectivity index (χ3v) is 7.80. The summed E-state index contributed by atoms with van der Waals surface area (Å²) in [4.78, 5) is 29.4. The summed E-state index contributed by atoms with van der Waals surface area (Å²) in [5.41, 5.74) is 4.39. The molecule has 0 unspecified atom stereocenters. The van der Waals surface area contributed by atoms with Crippen molar-refractivity contribution in [1.29, 1.82) is 0 Å². The van der Waals surface area contributed by atoms with Gasteiger partial charge in [-0.25, -0.2) is 9.18 Å². The van der Waals surface area contributed by atoms with Crippen molar-refractivity contribution in [3.63, 3.8) is 0 Å². The Labute approximate surface area is 216 Å². The average molecular weight is 508 g/mol. The molecule has 3 aromatic rings. The van der Waals surface area contributed by atoms with Gasteiger partial charge in [0.05, 0.1) is 23.9 Å². The van der Waals surface area contributed by atoms with Crippen LogP contribution in [0.15, 0.2) is 36.4 Å². The molecule has 1 N–H and O–H groups in total. The Hall–Kier alpha value is -3.39. The van der Waals surface area contributed by atoms with Crippen molar-refractivity contribution in [2.24, 2.45) is 0 Å². The van der Waals surface area contributed by atoms with Crippen LogP contribution in [0.1, 0.15) is 53.1 Å². The minimum Gasteiger partial charge on any atom is -0.497 e. The number of amides is 1. The molecule has 1 aliphatic heterocycles. The van der Waals surface area contributed by atoms with Gasteiger partial charge in [-0.05, 0) is 68.4 Å². The Bertz CT molecular complexity index is 1350. The first kappa shape index (κ1) is 25.3. The van der Waals surface area contributed by atoms with Crippen LogP contribution in [-0.4, -0.2) is 71.8 Å². The lowest BCUT2D eigenvalue weighted by atomic mass is 9.80. The molecule has 2 atom stereocenters. The quantitative estimate of drug-likeness (QED) is 0.513. The van der Waals surface area contributed by atoms with E-state index in [1.807, 2.05) is 46.7 Å². The highest BCUT2D eigenvalue weighted by Crippen LogP contribution is 2.47. The van der Waals surface area contributed by atoms with Crippen molar-refractivity contribution in [3.05, 3.63) is 53.1 Å². The molecule has 1 amide bonds. The number of carbonyl (C=O) groups excluding carboxylic acids is 1. The van der Waals surface area contributed by atoms with E-state index in [9.17, 15) is 14.7 Å². The first-order chi connectivity index (χ1) is 17.8. The molecule has 1 aromatic heterocycles. The number of nitrogens with zero attached hydrogens (tertiary/aromatic N) is 3. The minimum atomic E-state index is -1.03. The van der Waals surface area contributed by atoms with E-state index < -0.39 is 12.1 Å². The summed E-state index contributed by atoms with van der Waals surface area (Å²) in [6, 6.07) is 10.9. The lowest BCUT2D eigenvalue weighted by molar-refractivity contribution is -0.132. The third kappa shape index (κ3) is 4.70. The highest BCUT2D eigenvalue weighted by atomic mass is 19.1. The zero-order valence-electron chi connectivity index (χ0n) is 21.7. The molecule has 2 aromatic carbocycles. The number of rotatable bonds is 6. The Kier molecular flexibility index (Phi) is 6.94. The van der Waals surface area contributed by atoms with Crippen molar-refractivity contribution in [3.8, 4) is 17.0 Å². The number of carboxylic acids is 1. The monoisotopic (exact) mass is 507 g/mol. The largest absolute Gasteiger partial charge is 0.497 e. The van der Waals surface area contributed by atoms with Gasteiger partial charge in [0, 0.05) is 36.5 Å². The summed E-state index contributed by atoms with van der Waals surface area (Å²) in [5, 5.41) is 10.5. The van der Waals surface area contributed by atoms with Gasteiger partial charge in [0.25, 0.3) is 0 Å².